The van der Waals surface area contributed by atoms with Gasteiger partial charge in [0.1, 0.15) is 10.7 Å². The predicted molar refractivity (Wildman–Crippen MR) is 89.6 cm³/mol. The molecular formula is C14H22N2OS2. The van der Waals surface area contributed by atoms with Crippen molar-refractivity contribution in [3.8, 4) is 5.75 Å². The quantitative estimate of drug-likeness (QED) is 0.541. The van der Waals surface area contributed by atoms with Crippen LogP contribution in [0, 0.1) is 0 Å². The molecule has 106 valence electrons. The van der Waals surface area contributed by atoms with Crippen molar-refractivity contribution in [3.63, 3.8) is 0 Å². The highest BCUT2D eigenvalue weighted by atomic mass is 32.2. The second kappa shape index (κ2) is 9.04. The van der Waals surface area contributed by atoms with Crippen molar-refractivity contribution >= 4 is 34.7 Å². The minimum absolute atomic E-state index is 0.410. The second-order valence-electron chi connectivity index (χ2n) is 4.26. The van der Waals surface area contributed by atoms with E-state index in [-0.39, 0.29) is 0 Å². The molecule has 0 aliphatic rings. The van der Waals surface area contributed by atoms with E-state index in [4.69, 9.17) is 22.7 Å². The largest absolute Gasteiger partial charge is 0.497 e. The first-order chi connectivity index (χ1) is 9.19. The summed E-state index contributed by atoms with van der Waals surface area (Å²) in [5.41, 5.74) is 7.55. The van der Waals surface area contributed by atoms with Crippen LogP contribution in [-0.4, -0.2) is 30.7 Å². The summed E-state index contributed by atoms with van der Waals surface area (Å²) in [6.07, 6.45) is 5.79. The van der Waals surface area contributed by atoms with Crippen LogP contribution in [0.4, 0.5) is 5.69 Å². The number of benzene rings is 1. The molecule has 1 aromatic carbocycles. The summed E-state index contributed by atoms with van der Waals surface area (Å²) in [4.78, 5) is 0.410. The molecule has 5 heteroatoms. The zero-order valence-corrected chi connectivity index (χ0v) is 13.2. The third-order valence-corrected chi connectivity index (χ3v) is 3.75. The Labute approximate surface area is 125 Å². The number of anilines is 1. The zero-order chi connectivity index (χ0) is 14.1. The molecule has 0 amide bonds. The first kappa shape index (κ1) is 16.1. The lowest BCUT2D eigenvalue weighted by Gasteiger charge is -2.12. The molecule has 0 unspecified atom stereocenters. The third-order valence-electron chi connectivity index (χ3n) is 2.83. The summed E-state index contributed by atoms with van der Waals surface area (Å²) >= 11 is 6.96. The molecule has 0 atom stereocenters. The predicted octanol–water partition coefficient (Wildman–Crippen LogP) is 3.27. The van der Waals surface area contributed by atoms with Crippen molar-refractivity contribution < 1.29 is 4.74 Å². The Hall–Kier alpha value is -0.940. The lowest BCUT2D eigenvalue weighted by atomic mass is 10.1. The number of nitrogens with one attached hydrogen (secondary N) is 1. The lowest BCUT2D eigenvalue weighted by Crippen LogP contribution is -2.14. The average Bonchev–Trinajstić information content (AvgIpc) is 2.42. The van der Waals surface area contributed by atoms with E-state index < -0.39 is 0 Å². The summed E-state index contributed by atoms with van der Waals surface area (Å²) in [7, 11) is 1.65. The van der Waals surface area contributed by atoms with Crippen LogP contribution in [0.3, 0.4) is 0 Å². The molecule has 19 heavy (non-hydrogen) atoms. The summed E-state index contributed by atoms with van der Waals surface area (Å²) in [6.45, 7) is 0.928. The van der Waals surface area contributed by atoms with Gasteiger partial charge in [-0.3, -0.25) is 0 Å². The van der Waals surface area contributed by atoms with E-state index in [9.17, 15) is 0 Å². The van der Waals surface area contributed by atoms with Gasteiger partial charge in [-0.2, -0.15) is 11.8 Å². The summed E-state index contributed by atoms with van der Waals surface area (Å²) < 4.78 is 5.22. The summed E-state index contributed by atoms with van der Waals surface area (Å²) in [5, 5.41) is 3.39. The van der Waals surface area contributed by atoms with Gasteiger partial charge in [-0.15, -0.1) is 0 Å². The normalized spacial score (nSPS) is 10.2. The van der Waals surface area contributed by atoms with Crippen LogP contribution in [0.25, 0.3) is 0 Å². The van der Waals surface area contributed by atoms with Crippen LogP contribution < -0.4 is 15.8 Å². The van der Waals surface area contributed by atoms with Crippen molar-refractivity contribution in [1.82, 2.24) is 0 Å². The molecule has 3 N–H and O–H groups in total. The highest BCUT2D eigenvalue weighted by Crippen LogP contribution is 2.22. The van der Waals surface area contributed by atoms with Crippen molar-refractivity contribution in [2.75, 3.05) is 31.0 Å². The molecule has 0 saturated heterocycles. The number of thiocarbonyl (C=S) groups is 1. The van der Waals surface area contributed by atoms with Crippen LogP contribution in [0.2, 0.25) is 0 Å². The maximum absolute atomic E-state index is 5.72. The van der Waals surface area contributed by atoms with Gasteiger partial charge in [0.2, 0.25) is 0 Å². The third kappa shape index (κ3) is 5.70. The Balaban J connectivity index is 2.52. The lowest BCUT2D eigenvalue weighted by molar-refractivity contribution is 0.415. The van der Waals surface area contributed by atoms with E-state index in [1.54, 1.807) is 7.11 Å². The topological polar surface area (TPSA) is 47.3 Å². The average molecular weight is 298 g/mol. The van der Waals surface area contributed by atoms with Crippen LogP contribution >= 0.6 is 24.0 Å². The van der Waals surface area contributed by atoms with Gasteiger partial charge in [0.15, 0.2) is 0 Å². The molecule has 0 heterocycles. The van der Waals surface area contributed by atoms with Crippen LogP contribution in [0.1, 0.15) is 24.8 Å². The number of hydrogen-bond donors (Lipinski definition) is 2. The van der Waals surface area contributed by atoms with Crippen LogP contribution in [0.15, 0.2) is 18.2 Å². The monoisotopic (exact) mass is 298 g/mol. The molecule has 0 aromatic heterocycles. The minimum Gasteiger partial charge on any atom is -0.497 e. The van der Waals surface area contributed by atoms with E-state index >= 15 is 0 Å². The van der Waals surface area contributed by atoms with Crippen molar-refractivity contribution in [2.45, 2.75) is 19.3 Å². The number of rotatable bonds is 9. The van der Waals surface area contributed by atoms with Crippen molar-refractivity contribution in [3.05, 3.63) is 23.8 Å². The first-order valence-electron chi connectivity index (χ1n) is 6.39. The van der Waals surface area contributed by atoms with Gasteiger partial charge in [-0.05, 0) is 37.0 Å². The minimum atomic E-state index is 0.410. The van der Waals surface area contributed by atoms with E-state index in [2.05, 4.69) is 11.6 Å². The van der Waals surface area contributed by atoms with E-state index in [1.807, 2.05) is 30.0 Å². The number of thioether (sulfide) groups is 1. The molecule has 0 spiro atoms. The van der Waals surface area contributed by atoms with E-state index in [0.717, 1.165) is 30.0 Å². The highest BCUT2D eigenvalue weighted by molar-refractivity contribution is 7.98. The van der Waals surface area contributed by atoms with E-state index in [0.29, 0.717) is 4.99 Å². The Morgan fingerprint density at radius 3 is 2.79 bits per heavy atom. The molecule has 0 radical (unpaired) electrons. The fourth-order valence-corrected chi connectivity index (χ4v) is 2.45. The molecule has 1 aromatic rings. The number of methoxy groups -OCH3 is 1. The van der Waals surface area contributed by atoms with Crippen LogP contribution in [-0.2, 0) is 0 Å². The van der Waals surface area contributed by atoms with Crippen molar-refractivity contribution in [2.24, 2.45) is 5.73 Å². The molecular weight excluding hydrogens is 276 g/mol. The fraction of sp³-hybridized carbons (Fsp3) is 0.500. The molecule has 0 aliphatic heterocycles. The summed E-state index contributed by atoms with van der Waals surface area (Å²) in [6, 6.07) is 5.71. The van der Waals surface area contributed by atoms with Gasteiger partial charge in [-0.1, -0.05) is 18.6 Å². The molecule has 0 bridgehead atoms. The van der Waals surface area contributed by atoms with Gasteiger partial charge in [0.05, 0.1) is 7.11 Å². The molecule has 0 fully saturated rings. The summed E-state index contributed by atoms with van der Waals surface area (Å²) in [5.74, 6) is 2.04. The Bertz CT molecular complexity index is 410. The molecule has 0 aliphatic carbocycles. The highest BCUT2D eigenvalue weighted by Gasteiger charge is 2.06. The molecule has 0 saturated carbocycles. The number of ether oxygens (including phenoxy) is 1. The second-order valence-corrected chi connectivity index (χ2v) is 5.68. The zero-order valence-electron chi connectivity index (χ0n) is 11.6. The molecule has 1 rings (SSSR count). The van der Waals surface area contributed by atoms with Gasteiger partial charge >= 0.3 is 0 Å². The van der Waals surface area contributed by atoms with E-state index in [1.165, 1.54) is 18.6 Å². The molecule has 3 nitrogen and oxygen atoms in total. The maximum atomic E-state index is 5.72. The Morgan fingerprint density at radius 1 is 1.37 bits per heavy atom. The van der Waals surface area contributed by atoms with Gasteiger partial charge in [0.25, 0.3) is 0 Å². The smallest absolute Gasteiger partial charge is 0.120 e. The van der Waals surface area contributed by atoms with Gasteiger partial charge in [-0.25, -0.2) is 0 Å². The van der Waals surface area contributed by atoms with Gasteiger partial charge in [0, 0.05) is 23.9 Å². The van der Waals surface area contributed by atoms with Crippen LogP contribution in [0.5, 0.6) is 5.75 Å². The standard InChI is InChI=1S/C14H22N2OS2/c1-17-11-6-7-12(14(15)18)13(10-11)16-8-4-3-5-9-19-2/h6-7,10,16H,3-5,8-9H2,1-2H3,(H2,15,18). The number of unbranched alkanes of at least 4 members (excludes halogenated alkanes) is 2. The first-order valence-corrected chi connectivity index (χ1v) is 8.20. The van der Waals surface area contributed by atoms with Crippen molar-refractivity contribution in [1.29, 1.82) is 0 Å². The SMILES string of the molecule is COc1ccc(C(N)=S)c(NCCCCCSC)c1. The number of nitrogens with two attached hydrogens (primary N) is 1. The maximum Gasteiger partial charge on any atom is 0.120 e. The Kier molecular flexibility index (Phi) is 7.67. The van der Waals surface area contributed by atoms with Gasteiger partial charge < -0.3 is 15.8 Å². The Morgan fingerprint density at radius 2 is 2.16 bits per heavy atom. The number of hydrogen-bond acceptors (Lipinski definition) is 4. The fourth-order valence-electron chi connectivity index (χ4n) is 1.78.